The van der Waals surface area contributed by atoms with Gasteiger partial charge in [0.15, 0.2) is 0 Å². The Kier molecular flexibility index (Phi) is 3.38. The van der Waals surface area contributed by atoms with Crippen LogP contribution in [0.4, 0.5) is 4.39 Å². The first-order valence-electron chi connectivity index (χ1n) is 6.17. The fourth-order valence-electron chi connectivity index (χ4n) is 2.83. The molecule has 1 N–H and O–H groups in total. The minimum Gasteiger partial charge on any atom is -0.508 e. The Hall–Kier alpha value is -1.09. The second-order valence-corrected chi connectivity index (χ2v) is 4.97. The van der Waals surface area contributed by atoms with Crippen molar-refractivity contribution in [2.24, 2.45) is 0 Å². The van der Waals surface area contributed by atoms with Gasteiger partial charge in [-0.25, -0.2) is 4.39 Å². The average Bonchev–Trinajstić information content (AvgIpc) is 2.27. The van der Waals surface area contributed by atoms with E-state index in [9.17, 15) is 9.50 Å². The Bertz CT molecular complexity index is 385. The van der Waals surface area contributed by atoms with Gasteiger partial charge in [-0.05, 0) is 49.3 Å². The fourth-order valence-corrected chi connectivity index (χ4v) is 2.83. The van der Waals surface area contributed by atoms with Crippen LogP contribution in [0.5, 0.6) is 5.75 Å². The van der Waals surface area contributed by atoms with E-state index in [4.69, 9.17) is 4.74 Å². The third-order valence-electron chi connectivity index (χ3n) is 3.83. The van der Waals surface area contributed by atoms with E-state index in [1.807, 2.05) is 6.92 Å². The van der Waals surface area contributed by atoms with E-state index in [0.29, 0.717) is 6.61 Å². The Morgan fingerprint density at radius 2 is 2.24 bits per heavy atom. The van der Waals surface area contributed by atoms with E-state index >= 15 is 0 Å². The minimum atomic E-state index is -0.369. The highest BCUT2D eigenvalue weighted by molar-refractivity contribution is 5.34. The molecule has 1 aromatic carbocycles. The van der Waals surface area contributed by atoms with E-state index in [-0.39, 0.29) is 23.1 Å². The highest BCUT2D eigenvalue weighted by Crippen LogP contribution is 2.41. The van der Waals surface area contributed by atoms with Crippen molar-refractivity contribution in [3.8, 4) is 5.75 Å². The molecule has 94 valence electrons. The molecular formula is C14H19FO2. The van der Waals surface area contributed by atoms with Crippen LogP contribution in [0, 0.1) is 5.82 Å². The van der Waals surface area contributed by atoms with Crippen molar-refractivity contribution in [1.29, 1.82) is 0 Å². The first-order chi connectivity index (χ1) is 8.05. The Morgan fingerprint density at radius 1 is 1.47 bits per heavy atom. The zero-order chi connectivity index (χ0) is 12.5. The molecule has 1 aliphatic rings. The maximum Gasteiger partial charge on any atom is 0.127 e. The number of halogens is 1. The number of benzene rings is 1. The van der Waals surface area contributed by atoms with E-state index in [0.717, 1.165) is 30.9 Å². The zero-order valence-corrected chi connectivity index (χ0v) is 10.4. The van der Waals surface area contributed by atoms with Crippen molar-refractivity contribution < 1.29 is 14.2 Å². The predicted octanol–water partition coefficient (Wildman–Crippen LogP) is 3.38. The molecule has 0 aromatic heterocycles. The molecule has 0 amide bonds. The third-order valence-corrected chi connectivity index (χ3v) is 3.83. The molecule has 1 heterocycles. The van der Waals surface area contributed by atoms with Crippen molar-refractivity contribution in [3.63, 3.8) is 0 Å². The van der Waals surface area contributed by atoms with Crippen molar-refractivity contribution in [2.75, 3.05) is 6.61 Å². The molecule has 1 aliphatic heterocycles. The van der Waals surface area contributed by atoms with Gasteiger partial charge >= 0.3 is 0 Å². The summed E-state index contributed by atoms with van der Waals surface area (Å²) in [5.74, 6) is -0.362. The number of ether oxygens (including phenoxy) is 1. The Labute approximate surface area is 101 Å². The van der Waals surface area contributed by atoms with Gasteiger partial charge in [0.2, 0.25) is 0 Å². The molecule has 3 heteroatoms. The summed E-state index contributed by atoms with van der Waals surface area (Å²) in [5, 5.41) is 9.53. The van der Waals surface area contributed by atoms with Crippen molar-refractivity contribution in [2.45, 2.75) is 44.6 Å². The molecule has 1 aromatic rings. The summed E-state index contributed by atoms with van der Waals surface area (Å²) in [5.41, 5.74) is 0.838. The summed E-state index contributed by atoms with van der Waals surface area (Å²) in [6.07, 6.45) is 2.89. The van der Waals surface area contributed by atoms with Crippen LogP contribution in [-0.2, 0) is 10.2 Å². The highest BCUT2D eigenvalue weighted by Gasteiger charge is 2.36. The van der Waals surface area contributed by atoms with Gasteiger partial charge in [-0.15, -0.1) is 0 Å². The average molecular weight is 238 g/mol. The summed E-state index contributed by atoms with van der Waals surface area (Å²) in [6.45, 7) is 4.86. The van der Waals surface area contributed by atoms with Gasteiger partial charge in [-0.2, -0.15) is 0 Å². The molecule has 0 saturated carbocycles. The van der Waals surface area contributed by atoms with Gasteiger partial charge in [0.1, 0.15) is 11.6 Å². The molecule has 0 radical (unpaired) electrons. The fraction of sp³-hybridized carbons (Fsp3) is 0.571. The van der Waals surface area contributed by atoms with Crippen molar-refractivity contribution in [3.05, 3.63) is 29.6 Å². The van der Waals surface area contributed by atoms with Gasteiger partial charge in [0, 0.05) is 12.7 Å². The van der Waals surface area contributed by atoms with E-state index in [1.165, 1.54) is 0 Å². The normalized spacial score (nSPS) is 29.2. The first kappa shape index (κ1) is 12.4. The summed E-state index contributed by atoms with van der Waals surface area (Å²) < 4.78 is 19.0. The Morgan fingerprint density at radius 3 is 2.82 bits per heavy atom. The van der Waals surface area contributed by atoms with Crippen molar-refractivity contribution in [1.82, 2.24) is 0 Å². The summed E-state index contributed by atoms with van der Waals surface area (Å²) in [6, 6.07) is 4.38. The Balaban J connectivity index is 2.39. The van der Waals surface area contributed by atoms with Crippen LogP contribution in [0.25, 0.3) is 0 Å². The molecule has 0 aliphatic carbocycles. The van der Waals surface area contributed by atoms with Crippen LogP contribution in [0.2, 0.25) is 0 Å². The third kappa shape index (κ3) is 2.44. The molecule has 2 rings (SSSR count). The largest absolute Gasteiger partial charge is 0.508 e. The van der Waals surface area contributed by atoms with Crippen LogP contribution in [0.1, 0.15) is 38.7 Å². The van der Waals surface area contributed by atoms with Crippen LogP contribution in [0.3, 0.4) is 0 Å². The molecule has 1 fully saturated rings. The first-order valence-corrected chi connectivity index (χ1v) is 6.17. The smallest absolute Gasteiger partial charge is 0.127 e. The summed E-state index contributed by atoms with van der Waals surface area (Å²) in [4.78, 5) is 0. The molecule has 2 nitrogen and oxygen atoms in total. The van der Waals surface area contributed by atoms with Crippen LogP contribution in [0.15, 0.2) is 18.2 Å². The van der Waals surface area contributed by atoms with E-state index in [2.05, 4.69) is 6.92 Å². The van der Waals surface area contributed by atoms with E-state index < -0.39 is 0 Å². The zero-order valence-electron chi connectivity index (χ0n) is 10.4. The molecule has 0 bridgehead atoms. The molecule has 17 heavy (non-hydrogen) atoms. The van der Waals surface area contributed by atoms with Crippen molar-refractivity contribution >= 4 is 0 Å². The number of phenolic OH excluding ortho intramolecular Hbond substituents is 1. The maximum atomic E-state index is 13.4. The number of rotatable bonds is 2. The summed E-state index contributed by atoms with van der Waals surface area (Å²) in [7, 11) is 0. The van der Waals surface area contributed by atoms with E-state index in [1.54, 1.807) is 12.1 Å². The lowest BCUT2D eigenvalue weighted by Crippen LogP contribution is -2.37. The lowest BCUT2D eigenvalue weighted by atomic mass is 9.70. The summed E-state index contributed by atoms with van der Waals surface area (Å²) >= 11 is 0. The number of hydrogen-bond acceptors (Lipinski definition) is 2. The lowest BCUT2D eigenvalue weighted by molar-refractivity contribution is -0.0117. The standard InChI is InChI=1S/C14H19FO2/c1-3-14(4-5-17-10(2)9-14)11-6-12(15)8-13(16)7-11/h6-8,10,16H,3-5,9H2,1-2H3. The van der Waals surface area contributed by atoms with Crippen LogP contribution < -0.4 is 0 Å². The van der Waals surface area contributed by atoms with Gasteiger partial charge in [-0.3, -0.25) is 0 Å². The second-order valence-electron chi connectivity index (χ2n) is 4.97. The van der Waals surface area contributed by atoms with Crippen LogP contribution >= 0.6 is 0 Å². The molecular weight excluding hydrogens is 219 g/mol. The SMILES string of the molecule is CCC1(c2cc(O)cc(F)c2)CCOC(C)C1. The number of aromatic hydroxyl groups is 1. The highest BCUT2D eigenvalue weighted by atomic mass is 19.1. The minimum absolute atomic E-state index is 0.00645. The quantitative estimate of drug-likeness (QED) is 0.856. The second kappa shape index (κ2) is 4.65. The monoisotopic (exact) mass is 238 g/mol. The molecule has 1 saturated heterocycles. The predicted molar refractivity (Wildman–Crippen MR) is 64.7 cm³/mol. The van der Waals surface area contributed by atoms with Gasteiger partial charge in [0.25, 0.3) is 0 Å². The topological polar surface area (TPSA) is 29.5 Å². The molecule has 0 spiro atoms. The molecule has 2 atom stereocenters. The van der Waals surface area contributed by atoms with Gasteiger partial charge in [0.05, 0.1) is 6.10 Å². The number of phenols is 1. The van der Waals surface area contributed by atoms with Gasteiger partial charge < -0.3 is 9.84 Å². The maximum absolute atomic E-state index is 13.4. The molecule has 2 unspecified atom stereocenters. The number of hydrogen-bond donors (Lipinski definition) is 1. The lowest BCUT2D eigenvalue weighted by Gasteiger charge is -2.40. The van der Waals surface area contributed by atoms with Gasteiger partial charge in [-0.1, -0.05) is 6.92 Å². The van der Waals surface area contributed by atoms with Crippen LogP contribution in [-0.4, -0.2) is 17.8 Å².